The van der Waals surface area contributed by atoms with Crippen molar-refractivity contribution in [3.63, 3.8) is 0 Å². The van der Waals surface area contributed by atoms with Crippen LogP contribution in [0.3, 0.4) is 0 Å². The largest absolute Gasteiger partial charge is 0.374 e. The number of rotatable bonds is 5. The van der Waals surface area contributed by atoms with Gasteiger partial charge in [-0.25, -0.2) is 0 Å². The molecule has 0 heterocycles. The molecule has 3 atom stereocenters. The Bertz CT molecular complexity index is 238. The molecule has 0 aromatic heterocycles. The Morgan fingerprint density at radius 3 is 3.00 bits per heavy atom. The SMILES string of the molecule is CC(O)NC1=CCC(C(N)CC=N)CC1. The van der Waals surface area contributed by atoms with E-state index in [4.69, 9.17) is 16.2 Å². The van der Waals surface area contributed by atoms with Gasteiger partial charge in [-0.05, 0) is 44.7 Å². The molecule has 1 aliphatic carbocycles. The summed E-state index contributed by atoms with van der Waals surface area (Å²) >= 11 is 0. The van der Waals surface area contributed by atoms with Crippen LogP contribution in [0.1, 0.15) is 32.6 Å². The molecule has 4 nitrogen and oxygen atoms in total. The van der Waals surface area contributed by atoms with Gasteiger partial charge in [0.1, 0.15) is 6.23 Å². The number of nitrogens with two attached hydrogens (primary N) is 1. The number of aliphatic hydroxyl groups excluding tert-OH is 1. The minimum atomic E-state index is -0.483. The second kappa shape index (κ2) is 5.88. The fourth-order valence-electron chi connectivity index (χ4n) is 1.97. The molecular weight excluding hydrogens is 190 g/mol. The molecule has 5 N–H and O–H groups in total. The van der Waals surface area contributed by atoms with Crippen molar-refractivity contribution in [1.29, 1.82) is 5.41 Å². The first-order valence-corrected chi connectivity index (χ1v) is 5.51. The van der Waals surface area contributed by atoms with Crippen LogP contribution in [0.2, 0.25) is 0 Å². The number of hydrogen-bond donors (Lipinski definition) is 4. The van der Waals surface area contributed by atoms with E-state index in [0.29, 0.717) is 12.3 Å². The molecule has 1 rings (SSSR count). The van der Waals surface area contributed by atoms with Gasteiger partial charge in [-0.2, -0.15) is 0 Å². The van der Waals surface area contributed by atoms with E-state index in [0.717, 1.165) is 25.0 Å². The van der Waals surface area contributed by atoms with Crippen molar-refractivity contribution >= 4 is 6.21 Å². The van der Waals surface area contributed by atoms with Crippen LogP contribution in [0.5, 0.6) is 0 Å². The summed E-state index contributed by atoms with van der Waals surface area (Å²) < 4.78 is 0. The molecule has 0 saturated carbocycles. The van der Waals surface area contributed by atoms with Gasteiger partial charge < -0.3 is 21.6 Å². The van der Waals surface area contributed by atoms with Crippen LogP contribution in [0.25, 0.3) is 0 Å². The second-order valence-corrected chi connectivity index (χ2v) is 4.19. The summed E-state index contributed by atoms with van der Waals surface area (Å²) in [4.78, 5) is 0. The fourth-order valence-corrected chi connectivity index (χ4v) is 1.97. The molecule has 3 unspecified atom stereocenters. The van der Waals surface area contributed by atoms with Crippen LogP contribution >= 0.6 is 0 Å². The van der Waals surface area contributed by atoms with E-state index in [2.05, 4.69) is 11.4 Å². The third kappa shape index (κ3) is 4.01. The van der Waals surface area contributed by atoms with E-state index >= 15 is 0 Å². The second-order valence-electron chi connectivity index (χ2n) is 4.19. The van der Waals surface area contributed by atoms with Gasteiger partial charge in [0.15, 0.2) is 0 Å². The molecule has 0 aromatic rings. The van der Waals surface area contributed by atoms with Gasteiger partial charge in [0, 0.05) is 11.7 Å². The van der Waals surface area contributed by atoms with Gasteiger partial charge in [0.05, 0.1) is 0 Å². The van der Waals surface area contributed by atoms with E-state index in [9.17, 15) is 0 Å². The standard InChI is InChI=1S/C11H21N3O/c1-8(15)14-10-4-2-9(3-5-10)11(13)6-7-12/h4,7-9,11-12,14-15H,2-3,5-6,13H2,1H3. The summed E-state index contributed by atoms with van der Waals surface area (Å²) in [6.45, 7) is 1.72. The summed E-state index contributed by atoms with van der Waals surface area (Å²) in [6, 6.07) is 0.104. The van der Waals surface area contributed by atoms with Crippen molar-refractivity contribution in [3.05, 3.63) is 11.8 Å². The van der Waals surface area contributed by atoms with Crippen molar-refractivity contribution < 1.29 is 5.11 Å². The first-order chi connectivity index (χ1) is 7.13. The topological polar surface area (TPSA) is 82.1 Å². The summed E-state index contributed by atoms with van der Waals surface area (Å²) in [5.41, 5.74) is 7.07. The van der Waals surface area contributed by atoms with Crippen LogP contribution in [0, 0.1) is 11.3 Å². The van der Waals surface area contributed by atoms with Crippen molar-refractivity contribution in [2.45, 2.75) is 44.9 Å². The van der Waals surface area contributed by atoms with Gasteiger partial charge >= 0.3 is 0 Å². The van der Waals surface area contributed by atoms with Gasteiger partial charge in [-0.3, -0.25) is 0 Å². The van der Waals surface area contributed by atoms with Gasteiger partial charge in [0.25, 0.3) is 0 Å². The van der Waals surface area contributed by atoms with E-state index < -0.39 is 6.23 Å². The smallest absolute Gasteiger partial charge is 0.121 e. The highest BCUT2D eigenvalue weighted by molar-refractivity contribution is 5.53. The third-order valence-corrected chi connectivity index (χ3v) is 2.84. The maximum Gasteiger partial charge on any atom is 0.121 e. The molecule has 0 aliphatic heterocycles. The highest BCUT2D eigenvalue weighted by Gasteiger charge is 2.20. The molecule has 1 aliphatic rings. The number of nitrogens with one attached hydrogen (secondary N) is 2. The van der Waals surface area contributed by atoms with Crippen LogP contribution in [0.15, 0.2) is 11.8 Å². The lowest BCUT2D eigenvalue weighted by atomic mass is 9.85. The molecule has 4 heteroatoms. The highest BCUT2D eigenvalue weighted by Crippen LogP contribution is 2.25. The summed E-state index contributed by atoms with van der Waals surface area (Å²) in [7, 11) is 0. The maximum absolute atomic E-state index is 9.16. The Balaban J connectivity index is 2.39. The van der Waals surface area contributed by atoms with Crippen molar-refractivity contribution in [3.8, 4) is 0 Å². The minimum absolute atomic E-state index is 0.104. The lowest BCUT2D eigenvalue weighted by molar-refractivity contribution is 0.165. The lowest BCUT2D eigenvalue weighted by Gasteiger charge is -2.27. The molecular formula is C11H21N3O. The van der Waals surface area contributed by atoms with E-state index in [1.165, 1.54) is 6.21 Å². The molecule has 0 fully saturated rings. The zero-order chi connectivity index (χ0) is 11.3. The number of allylic oxidation sites excluding steroid dienone is 2. The van der Waals surface area contributed by atoms with E-state index in [-0.39, 0.29) is 6.04 Å². The average molecular weight is 211 g/mol. The van der Waals surface area contributed by atoms with Crippen LogP contribution in [-0.2, 0) is 0 Å². The quantitative estimate of drug-likeness (QED) is 0.404. The van der Waals surface area contributed by atoms with E-state index in [1.54, 1.807) is 6.92 Å². The molecule has 15 heavy (non-hydrogen) atoms. The fraction of sp³-hybridized carbons (Fsp3) is 0.727. The van der Waals surface area contributed by atoms with Gasteiger partial charge in [-0.1, -0.05) is 6.08 Å². The third-order valence-electron chi connectivity index (χ3n) is 2.84. The predicted octanol–water partition coefficient (Wildman–Crippen LogP) is 0.965. The molecule has 0 bridgehead atoms. The van der Waals surface area contributed by atoms with Crippen molar-refractivity contribution in [2.75, 3.05) is 0 Å². The number of hydrogen-bond acceptors (Lipinski definition) is 4. The Kier molecular flexibility index (Phi) is 4.78. The molecule has 0 radical (unpaired) electrons. The Morgan fingerprint density at radius 2 is 2.53 bits per heavy atom. The molecule has 0 amide bonds. The zero-order valence-electron chi connectivity index (χ0n) is 9.24. The molecule has 0 spiro atoms. The van der Waals surface area contributed by atoms with Crippen molar-refractivity contribution in [2.24, 2.45) is 11.7 Å². The maximum atomic E-state index is 9.16. The van der Waals surface area contributed by atoms with Crippen LogP contribution in [-0.4, -0.2) is 23.6 Å². The van der Waals surface area contributed by atoms with Gasteiger partial charge in [0.2, 0.25) is 0 Å². The molecule has 0 aromatic carbocycles. The Morgan fingerprint density at radius 1 is 1.80 bits per heavy atom. The summed E-state index contributed by atoms with van der Waals surface area (Å²) in [6.07, 6.45) is 6.62. The first kappa shape index (κ1) is 12.2. The van der Waals surface area contributed by atoms with Crippen molar-refractivity contribution in [1.82, 2.24) is 5.32 Å². The molecule has 0 saturated heterocycles. The Labute approximate surface area is 91.1 Å². The van der Waals surface area contributed by atoms with E-state index in [1.807, 2.05) is 0 Å². The zero-order valence-corrected chi connectivity index (χ0v) is 9.24. The normalized spacial score (nSPS) is 25.3. The van der Waals surface area contributed by atoms with Gasteiger partial charge in [-0.15, -0.1) is 0 Å². The minimum Gasteiger partial charge on any atom is -0.374 e. The van der Waals surface area contributed by atoms with Crippen LogP contribution < -0.4 is 11.1 Å². The highest BCUT2D eigenvalue weighted by atomic mass is 16.3. The first-order valence-electron chi connectivity index (χ1n) is 5.51. The summed E-state index contributed by atoms with van der Waals surface area (Å²) in [5.74, 6) is 0.478. The molecule has 86 valence electrons. The van der Waals surface area contributed by atoms with Crippen LogP contribution in [0.4, 0.5) is 0 Å². The predicted molar refractivity (Wildman–Crippen MR) is 61.6 cm³/mol. The number of aliphatic hydroxyl groups is 1. The Hall–Kier alpha value is -0.870. The summed E-state index contributed by atoms with van der Waals surface area (Å²) in [5, 5.41) is 19.2. The monoisotopic (exact) mass is 211 g/mol. The lowest BCUT2D eigenvalue weighted by Crippen LogP contribution is -2.33. The average Bonchev–Trinajstić information content (AvgIpc) is 2.18.